The van der Waals surface area contributed by atoms with Crippen LogP contribution in [0.3, 0.4) is 0 Å². The third kappa shape index (κ3) is 4.39. The summed E-state index contributed by atoms with van der Waals surface area (Å²) in [4.78, 5) is 9.22. The van der Waals surface area contributed by atoms with E-state index in [1.807, 2.05) is 48.8 Å². The Morgan fingerprint density at radius 1 is 0.364 bits per heavy atom. The Morgan fingerprint density at radius 2 is 0.873 bits per heavy atom. The second-order valence-electron chi connectivity index (χ2n) is 14.0. The van der Waals surface area contributed by atoms with Crippen molar-refractivity contribution in [1.29, 1.82) is 0 Å². The molecule has 55 heavy (non-hydrogen) atoms. The molecule has 0 radical (unpaired) electrons. The van der Waals surface area contributed by atoms with Gasteiger partial charge in [0.05, 0.1) is 57.0 Å². The van der Waals surface area contributed by atoms with Crippen LogP contribution in [-0.2, 0) is 0 Å². The molecule has 2 aliphatic rings. The summed E-state index contributed by atoms with van der Waals surface area (Å²) in [6.07, 6.45) is 3.76. The van der Waals surface area contributed by atoms with E-state index < -0.39 is 0 Å². The van der Waals surface area contributed by atoms with Gasteiger partial charge in [0.1, 0.15) is 0 Å². The van der Waals surface area contributed by atoms with Crippen LogP contribution in [0.2, 0.25) is 0 Å². The highest BCUT2D eigenvalue weighted by molar-refractivity contribution is 6.16. The zero-order chi connectivity index (χ0) is 36.0. The smallest absolute Gasteiger partial charge is 0.152 e. The van der Waals surface area contributed by atoms with E-state index in [4.69, 9.17) is 9.47 Å². The molecule has 0 aliphatic carbocycles. The maximum absolute atomic E-state index is 6.81. The molecule has 12 rings (SSSR count). The Kier molecular flexibility index (Phi) is 6.24. The number of rotatable bonds is 3. The van der Waals surface area contributed by atoms with Crippen LogP contribution in [0, 0.1) is 0 Å². The fourth-order valence-corrected chi connectivity index (χ4v) is 8.60. The maximum Gasteiger partial charge on any atom is 0.152 e. The summed E-state index contributed by atoms with van der Waals surface area (Å²) in [5.74, 6) is 3.26. The number of nitrogens with zero attached hydrogens (tertiary/aromatic N) is 4. The summed E-state index contributed by atoms with van der Waals surface area (Å²) in [6.45, 7) is 0. The summed E-state index contributed by atoms with van der Waals surface area (Å²) >= 11 is 0. The third-order valence-electron chi connectivity index (χ3n) is 11.0. The number of hydrogen-bond acceptors (Lipinski definition) is 5. The second kappa shape index (κ2) is 11.5. The summed E-state index contributed by atoms with van der Waals surface area (Å²) in [5, 5.41) is 6.90. The van der Waals surface area contributed by atoms with Crippen molar-refractivity contribution in [3.63, 3.8) is 0 Å². The average Bonchev–Trinajstić information content (AvgIpc) is 3.54. The van der Waals surface area contributed by atoms with E-state index in [2.05, 4.69) is 153 Å². The van der Waals surface area contributed by atoms with E-state index in [9.17, 15) is 0 Å². The Hall–Kier alpha value is -7.57. The Bertz CT molecular complexity index is 3140. The number of hydrogen-bond donors (Lipinski definition) is 0. The molecular weight excluding hydrogens is 677 g/mol. The summed E-state index contributed by atoms with van der Waals surface area (Å²) in [5.41, 5.74) is 9.26. The number of ether oxygens (including phenoxy) is 2. The van der Waals surface area contributed by atoms with Gasteiger partial charge in [-0.3, -0.25) is 4.98 Å². The highest BCUT2D eigenvalue weighted by atomic mass is 16.5. The molecule has 4 heterocycles. The van der Waals surface area contributed by atoms with Gasteiger partial charge in [0.25, 0.3) is 0 Å². The molecule has 0 spiro atoms. The van der Waals surface area contributed by atoms with Gasteiger partial charge in [0.15, 0.2) is 23.0 Å². The number of pyridine rings is 1. The monoisotopic (exact) mass is 706 g/mol. The summed E-state index contributed by atoms with van der Waals surface area (Å²) in [7, 11) is 0. The van der Waals surface area contributed by atoms with Crippen molar-refractivity contribution in [2.24, 2.45) is 0 Å². The van der Waals surface area contributed by atoms with Crippen LogP contribution in [0.1, 0.15) is 0 Å². The second-order valence-corrected chi connectivity index (χ2v) is 14.0. The van der Waals surface area contributed by atoms with E-state index >= 15 is 0 Å². The van der Waals surface area contributed by atoms with Gasteiger partial charge in [-0.1, -0.05) is 84.9 Å². The predicted molar refractivity (Wildman–Crippen MR) is 223 cm³/mol. The molecule has 0 saturated heterocycles. The van der Waals surface area contributed by atoms with E-state index in [0.29, 0.717) is 0 Å². The maximum atomic E-state index is 6.81. The number of aromatic nitrogens is 2. The molecular formula is C49H30N4O2. The lowest BCUT2D eigenvalue weighted by Gasteiger charge is -2.35. The number of fused-ring (bicyclic) bond motifs is 9. The normalized spacial score (nSPS) is 12.9. The fourth-order valence-electron chi connectivity index (χ4n) is 8.60. The Labute approximate surface area is 316 Å². The van der Waals surface area contributed by atoms with Crippen LogP contribution >= 0.6 is 0 Å². The van der Waals surface area contributed by atoms with Crippen LogP contribution in [0.5, 0.6) is 23.0 Å². The van der Waals surface area contributed by atoms with E-state index in [0.717, 1.165) is 95.4 Å². The molecule has 0 amide bonds. The van der Waals surface area contributed by atoms with Gasteiger partial charge < -0.3 is 23.8 Å². The first-order valence-corrected chi connectivity index (χ1v) is 18.4. The zero-order valence-corrected chi connectivity index (χ0v) is 29.4. The van der Waals surface area contributed by atoms with Gasteiger partial charge >= 0.3 is 0 Å². The minimum absolute atomic E-state index is 0.800. The lowest BCUT2D eigenvalue weighted by molar-refractivity contribution is 0.477. The first-order chi connectivity index (χ1) is 27.3. The molecule has 0 unspecified atom stereocenters. The molecule has 6 nitrogen and oxygen atoms in total. The van der Waals surface area contributed by atoms with Crippen LogP contribution in [0.25, 0.3) is 49.0 Å². The Balaban J connectivity index is 1.13. The lowest BCUT2D eigenvalue weighted by Crippen LogP contribution is -2.17. The molecule has 2 aliphatic heterocycles. The van der Waals surface area contributed by atoms with Gasteiger partial charge in [0, 0.05) is 27.7 Å². The van der Waals surface area contributed by atoms with Crippen molar-refractivity contribution in [2.45, 2.75) is 0 Å². The van der Waals surface area contributed by atoms with Gasteiger partial charge in [0.2, 0.25) is 0 Å². The first kappa shape index (κ1) is 29.9. The van der Waals surface area contributed by atoms with Crippen molar-refractivity contribution in [2.75, 3.05) is 9.80 Å². The first-order valence-electron chi connectivity index (χ1n) is 18.4. The molecule has 258 valence electrons. The van der Waals surface area contributed by atoms with Crippen molar-refractivity contribution in [3.8, 4) is 28.7 Å². The van der Waals surface area contributed by atoms with Crippen molar-refractivity contribution >= 4 is 77.5 Å². The van der Waals surface area contributed by atoms with Gasteiger partial charge in [-0.15, -0.1) is 0 Å². The quantitative estimate of drug-likeness (QED) is 0.183. The number of anilines is 6. The lowest BCUT2D eigenvalue weighted by atomic mass is 10.0. The van der Waals surface area contributed by atoms with Gasteiger partial charge in [-0.2, -0.15) is 0 Å². The average molecular weight is 707 g/mol. The van der Waals surface area contributed by atoms with E-state index in [-0.39, 0.29) is 0 Å². The highest BCUT2D eigenvalue weighted by Crippen LogP contribution is 2.56. The van der Waals surface area contributed by atoms with Crippen LogP contribution in [0.15, 0.2) is 182 Å². The molecule has 0 atom stereocenters. The molecule has 6 heteroatoms. The SMILES string of the molecule is c1cncc(-n2c3cc4c(cc3c3cc5ccccc5cc32)Oc2ccccc2N4c2cccc3c(N4c5ccccc5Oc5ccccc54)cccc23)c1. The molecule has 8 aromatic carbocycles. The Morgan fingerprint density at radius 3 is 1.49 bits per heavy atom. The van der Waals surface area contributed by atoms with Crippen molar-refractivity contribution < 1.29 is 9.47 Å². The van der Waals surface area contributed by atoms with Crippen LogP contribution in [0.4, 0.5) is 34.1 Å². The van der Waals surface area contributed by atoms with Crippen molar-refractivity contribution in [1.82, 2.24) is 9.55 Å². The number of benzene rings is 8. The molecule has 2 aromatic heterocycles. The van der Waals surface area contributed by atoms with Crippen molar-refractivity contribution in [3.05, 3.63) is 182 Å². The zero-order valence-electron chi connectivity index (χ0n) is 29.4. The van der Waals surface area contributed by atoms with Crippen LogP contribution in [-0.4, -0.2) is 9.55 Å². The third-order valence-corrected chi connectivity index (χ3v) is 11.0. The van der Waals surface area contributed by atoms with E-state index in [1.165, 1.54) is 10.8 Å². The molecule has 0 saturated carbocycles. The highest BCUT2D eigenvalue weighted by Gasteiger charge is 2.31. The molecule has 0 fully saturated rings. The van der Waals surface area contributed by atoms with E-state index in [1.54, 1.807) is 0 Å². The minimum Gasteiger partial charge on any atom is -0.453 e. The summed E-state index contributed by atoms with van der Waals surface area (Å²) < 4.78 is 15.5. The predicted octanol–water partition coefficient (Wildman–Crippen LogP) is 13.6. The minimum atomic E-state index is 0.800. The van der Waals surface area contributed by atoms with Gasteiger partial charge in [-0.25, -0.2) is 0 Å². The summed E-state index contributed by atoms with van der Waals surface area (Å²) in [6, 6.07) is 59.7. The molecule has 10 aromatic rings. The van der Waals surface area contributed by atoms with Gasteiger partial charge in [-0.05, 0) is 95.7 Å². The number of para-hydroxylation sites is 6. The molecule has 0 N–H and O–H groups in total. The largest absolute Gasteiger partial charge is 0.453 e. The topological polar surface area (TPSA) is 42.8 Å². The fraction of sp³-hybridized carbons (Fsp3) is 0. The standard InChI is InChI=1S/C49H30N4O2/c1-2-13-32-27-43-36(26-31(32)12-1)37-28-49-45(29-44(37)51(43)33-14-11-25-50-30-33)53(42-19-5-8-24-48(42)55-49)39-21-10-15-34-35(39)16-9-20-38(34)52-40-17-3-6-22-46(40)54-47-23-7-4-18-41(47)52/h1-30H. The molecule has 0 bridgehead atoms. The van der Waals surface area contributed by atoms with Crippen LogP contribution < -0.4 is 19.3 Å².